The molecule has 1 aliphatic rings. The van der Waals surface area contributed by atoms with Crippen molar-refractivity contribution >= 4 is 34.7 Å². The number of urea groups is 1. The van der Waals surface area contributed by atoms with E-state index in [0.717, 1.165) is 49.2 Å². The maximum absolute atomic E-state index is 12.5. The van der Waals surface area contributed by atoms with E-state index in [1.165, 1.54) is 10.4 Å². The van der Waals surface area contributed by atoms with Crippen LogP contribution in [0.4, 0.5) is 10.5 Å². The lowest BCUT2D eigenvalue weighted by Crippen LogP contribution is -2.49. The zero-order valence-electron chi connectivity index (χ0n) is 15.4. The summed E-state index contributed by atoms with van der Waals surface area (Å²) in [4.78, 5) is 18.0. The monoisotopic (exact) mass is 391 g/mol. The minimum absolute atomic E-state index is 0.0138. The Morgan fingerprint density at radius 1 is 1.15 bits per heavy atom. The zero-order valence-corrected chi connectivity index (χ0v) is 16.9. The molecule has 4 nitrogen and oxygen atoms in total. The van der Waals surface area contributed by atoms with Crippen molar-refractivity contribution in [2.75, 3.05) is 31.5 Å². The lowest BCUT2D eigenvalue weighted by Gasteiger charge is -2.34. The smallest absolute Gasteiger partial charge is 0.321 e. The minimum Gasteiger partial charge on any atom is -0.322 e. The molecule has 0 radical (unpaired) electrons. The van der Waals surface area contributed by atoms with Gasteiger partial charge in [0.1, 0.15) is 0 Å². The average Bonchev–Trinajstić information content (AvgIpc) is 3.07. The molecule has 140 valence electrons. The van der Waals surface area contributed by atoms with Gasteiger partial charge in [-0.25, -0.2) is 4.79 Å². The van der Waals surface area contributed by atoms with Crippen LogP contribution in [0.2, 0.25) is 4.34 Å². The Morgan fingerprint density at radius 2 is 1.85 bits per heavy atom. The highest BCUT2D eigenvalue weighted by Gasteiger charge is 2.21. The Balaban J connectivity index is 1.47. The van der Waals surface area contributed by atoms with Gasteiger partial charge in [0, 0.05) is 43.3 Å². The van der Waals surface area contributed by atoms with Crippen LogP contribution in [-0.2, 0) is 6.54 Å². The average molecular weight is 392 g/mol. The predicted molar refractivity (Wildman–Crippen MR) is 110 cm³/mol. The summed E-state index contributed by atoms with van der Waals surface area (Å²) in [5, 5.41) is 3.02. The lowest BCUT2D eigenvalue weighted by molar-refractivity contribution is 0.143. The van der Waals surface area contributed by atoms with Crippen molar-refractivity contribution in [2.24, 2.45) is 0 Å². The number of rotatable bonds is 5. The summed E-state index contributed by atoms with van der Waals surface area (Å²) >= 11 is 7.62. The van der Waals surface area contributed by atoms with E-state index >= 15 is 0 Å². The fraction of sp³-hybridized carbons (Fsp3) is 0.450. The van der Waals surface area contributed by atoms with E-state index in [2.05, 4.69) is 42.3 Å². The summed E-state index contributed by atoms with van der Waals surface area (Å²) in [6.45, 7) is 8.58. The van der Waals surface area contributed by atoms with Crippen molar-refractivity contribution in [1.29, 1.82) is 0 Å². The molecule has 1 N–H and O–H groups in total. The van der Waals surface area contributed by atoms with E-state index in [-0.39, 0.29) is 6.03 Å². The van der Waals surface area contributed by atoms with Gasteiger partial charge in [-0.05, 0) is 42.2 Å². The van der Waals surface area contributed by atoms with Gasteiger partial charge in [-0.3, -0.25) is 4.90 Å². The summed E-state index contributed by atoms with van der Waals surface area (Å²) < 4.78 is 0.831. The van der Waals surface area contributed by atoms with Gasteiger partial charge in [0.2, 0.25) is 0 Å². The van der Waals surface area contributed by atoms with Gasteiger partial charge in [0.15, 0.2) is 0 Å². The van der Waals surface area contributed by atoms with E-state index in [1.54, 1.807) is 11.3 Å². The highest BCUT2D eigenvalue weighted by molar-refractivity contribution is 7.16. The second kappa shape index (κ2) is 8.89. The number of piperazine rings is 1. The molecule has 1 aromatic carbocycles. The fourth-order valence-electron chi connectivity index (χ4n) is 3.10. The molecule has 0 saturated carbocycles. The second-order valence-corrected chi connectivity index (χ2v) is 8.63. The standard InChI is InChI=1S/C20H26ClN3OS/c1-3-15(2)16-4-6-17(7-5-16)22-20(25)24-12-10-23(11-13-24)14-18-8-9-19(21)26-18/h4-9,15H,3,10-14H2,1-2H3,(H,22,25)/t15-/m1/s1. The SMILES string of the molecule is CC[C@@H](C)c1ccc(NC(=O)N2CCN(Cc3ccc(Cl)s3)CC2)cc1. The molecular weight excluding hydrogens is 366 g/mol. The summed E-state index contributed by atoms with van der Waals surface area (Å²) in [6, 6.07) is 12.2. The summed E-state index contributed by atoms with van der Waals surface area (Å²) in [5.41, 5.74) is 2.17. The van der Waals surface area contributed by atoms with Crippen LogP contribution >= 0.6 is 22.9 Å². The Hall–Kier alpha value is -1.56. The topological polar surface area (TPSA) is 35.6 Å². The van der Waals surface area contributed by atoms with E-state index in [9.17, 15) is 4.79 Å². The van der Waals surface area contributed by atoms with Crippen LogP contribution in [0.1, 0.15) is 36.6 Å². The van der Waals surface area contributed by atoms with E-state index in [1.807, 2.05) is 23.1 Å². The van der Waals surface area contributed by atoms with Gasteiger partial charge in [0.05, 0.1) is 4.34 Å². The molecule has 6 heteroatoms. The molecule has 0 aliphatic carbocycles. The molecule has 2 heterocycles. The largest absolute Gasteiger partial charge is 0.322 e. The van der Waals surface area contributed by atoms with Gasteiger partial charge in [0.25, 0.3) is 0 Å². The van der Waals surface area contributed by atoms with Crippen LogP contribution < -0.4 is 5.32 Å². The third-order valence-electron chi connectivity index (χ3n) is 5.01. The van der Waals surface area contributed by atoms with E-state index in [4.69, 9.17) is 11.6 Å². The third-order valence-corrected chi connectivity index (χ3v) is 6.23. The van der Waals surface area contributed by atoms with Gasteiger partial charge in [-0.1, -0.05) is 37.6 Å². The first-order chi connectivity index (χ1) is 12.5. The number of carbonyl (C=O) groups is 1. The molecule has 1 saturated heterocycles. The Labute approximate surface area is 164 Å². The number of anilines is 1. The maximum Gasteiger partial charge on any atom is 0.321 e. The van der Waals surface area contributed by atoms with Crippen LogP contribution in [0.15, 0.2) is 36.4 Å². The number of halogens is 1. The van der Waals surface area contributed by atoms with Gasteiger partial charge in [-0.15, -0.1) is 11.3 Å². The van der Waals surface area contributed by atoms with Crippen LogP contribution in [0.5, 0.6) is 0 Å². The quantitative estimate of drug-likeness (QED) is 0.754. The van der Waals surface area contributed by atoms with Crippen molar-refractivity contribution in [2.45, 2.75) is 32.7 Å². The molecule has 1 aromatic heterocycles. The first-order valence-electron chi connectivity index (χ1n) is 9.17. The van der Waals surface area contributed by atoms with Gasteiger partial charge < -0.3 is 10.2 Å². The zero-order chi connectivity index (χ0) is 18.5. The van der Waals surface area contributed by atoms with Crippen LogP contribution in [0.25, 0.3) is 0 Å². The molecule has 0 unspecified atom stereocenters. The first-order valence-corrected chi connectivity index (χ1v) is 10.4. The van der Waals surface area contributed by atoms with E-state index < -0.39 is 0 Å². The number of hydrogen-bond donors (Lipinski definition) is 1. The molecule has 1 aliphatic heterocycles. The molecular formula is C20H26ClN3OS. The number of carbonyl (C=O) groups excluding carboxylic acids is 1. The third kappa shape index (κ3) is 5.00. The predicted octanol–water partition coefficient (Wildman–Crippen LogP) is 5.26. The maximum atomic E-state index is 12.5. The fourth-order valence-corrected chi connectivity index (χ4v) is 4.23. The van der Waals surface area contributed by atoms with E-state index in [0.29, 0.717) is 5.92 Å². The number of thiophene rings is 1. The molecule has 1 atom stereocenters. The van der Waals surface area contributed by atoms with Crippen molar-refractivity contribution in [3.05, 3.63) is 51.2 Å². The van der Waals surface area contributed by atoms with Crippen molar-refractivity contribution in [3.63, 3.8) is 0 Å². The highest BCUT2D eigenvalue weighted by Crippen LogP contribution is 2.23. The second-order valence-electron chi connectivity index (χ2n) is 6.83. The van der Waals surface area contributed by atoms with Gasteiger partial charge in [-0.2, -0.15) is 0 Å². The summed E-state index contributed by atoms with van der Waals surface area (Å²) in [7, 11) is 0. The summed E-state index contributed by atoms with van der Waals surface area (Å²) in [6.07, 6.45) is 1.12. The number of nitrogens with zero attached hydrogens (tertiary/aromatic N) is 2. The molecule has 2 amide bonds. The van der Waals surface area contributed by atoms with Crippen LogP contribution in [-0.4, -0.2) is 42.0 Å². The number of nitrogens with one attached hydrogen (secondary N) is 1. The molecule has 26 heavy (non-hydrogen) atoms. The Morgan fingerprint density at radius 3 is 2.42 bits per heavy atom. The van der Waals surface area contributed by atoms with Crippen molar-refractivity contribution in [1.82, 2.24) is 9.80 Å². The molecule has 1 fully saturated rings. The van der Waals surface area contributed by atoms with Crippen molar-refractivity contribution in [3.8, 4) is 0 Å². The Bertz CT molecular complexity index is 723. The van der Waals surface area contributed by atoms with Crippen molar-refractivity contribution < 1.29 is 4.79 Å². The number of hydrogen-bond acceptors (Lipinski definition) is 3. The lowest BCUT2D eigenvalue weighted by atomic mass is 9.99. The molecule has 3 rings (SSSR count). The molecule has 0 bridgehead atoms. The number of amides is 2. The summed E-state index contributed by atoms with van der Waals surface area (Å²) in [5.74, 6) is 0.547. The normalized spacial score (nSPS) is 16.5. The highest BCUT2D eigenvalue weighted by atomic mass is 35.5. The molecule has 2 aromatic rings. The van der Waals surface area contributed by atoms with Crippen LogP contribution in [0.3, 0.4) is 0 Å². The first kappa shape index (κ1) is 19.2. The Kier molecular flexibility index (Phi) is 6.57. The number of benzene rings is 1. The minimum atomic E-state index is -0.0138. The van der Waals surface area contributed by atoms with Gasteiger partial charge >= 0.3 is 6.03 Å². The van der Waals surface area contributed by atoms with Crippen LogP contribution in [0, 0.1) is 0 Å². The molecule has 0 spiro atoms.